The second-order valence-corrected chi connectivity index (χ2v) is 7.48. The van der Waals surface area contributed by atoms with Gasteiger partial charge in [0.15, 0.2) is 0 Å². The van der Waals surface area contributed by atoms with Crippen LogP contribution < -0.4 is 16.6 Å². The lowest BCUT2D eigenvalue weighted by Gasteiger charge is -2.27. The van der Waals surface area contributed by atoms with Crippen molar-refractivity contribution in [3.05, 3.63) is 85.8 Å². The Hall–Kier alpha value is -4.12. The van der Waals surface area contributed by atoms with Crippen molar-refractivity contribution in [2.24, 2.45) is 0 Å². The zero-order chi connectivity index (χ0) is 24.8. The Bertz CT molecular complexity index is 1500. The summed E-state index contributed by atoms with van der Waals surface area (Å²) in [5.41, 5.74) is -1.63. The van der Waals surface area contributed by atoms with Crippen LogP contribution in [0.2, 0.25) is 0 Å². The molecule has 2 atom stereocenters. The summed E-state index contributed by atoms with van der Waals surface area (Å²) in [5.74, 6) is -3.10. The number of aromatic nitrogens is 4. The van der Waals surface area contributed by atoms with Gasteiger partial charge in [-0.1, -0.05) is 0 Å². The number of pyridine rings is 2. The molecule has 0 aliphatic heterocycles. The van der Waals surface area contributed by atoms with Gasteiger partial charge in [-0.3, -0.25) is 19.6 Å². The maximum Gasteiger partial charge on any atom is 0.420 e. The van der Waals surface area contributed by atoms with Gasteiger partial charge in [0, 0.05) is 24.3 Å². The van der Waals surface area contributed by atoms with Gasteiger partial charge >= 0.3 is 11.9 Å². The Morgan fingerprint density at radius 2 is 1.97 bits per heavy atom. The van der Waals surface area contributed by atoms with E-state index in [0.29, 0.717) is 10.6 Å². The summed E-state index contributed by atoms with van der Waals surface area (Å²) >= 11 is 0. The van der Waals surface area contributed by atoms with Crippen LogP contribution in [0.5, 0.6) is 0 Å². The number of nitrogens with one attached hydrogen (secondary N) is 2. The first-order valence-corrected chi connectivity index (χ1v) is 9.73. The minimum atomic E-state index is -4.70. The SMILES string of the molecule is C[C@@H](NC(=O)[C@H](C1=C=C(C(F)(F)F)C1)n1c(=O)[nH]c2cnccc2c1=O)c1ncc(F)cc1F. The highest BCUT2D eigenvalue weighted by atomic mass is 19.4. The topological polar surface area (TPSA) is 110 Å². The molecule has 0 bridgehead atoms. The van der Waals surface area contributed by atoms with E-state index in [4.69, 9.17) is 0 Å². The van der Waals surface area contributed by atoms with Crippen molar-refractivity contribution in [1.29, 1.82) is 0 Å². The Morgan fingerprint density at radius 1 is 1.26 bits per heavy atom. The fourth-order valence-corrected chi connectivity index (χ4v) is 3.55. The first-order chi connectivity index (χ1) is 16.0. The van der Waals surface area contributed by atoms with Crippen molar-refractivity contribution in [2.45, 2.75) is 31.6 Å². The van der Waals surface area contributed by atoms with Crippen LogP contribution >= 0.6 is 0 Å². The molecule has 1 aliphatic rings. The lowest BCUT2D eigenvalue weighted by Crippen LogP contribution is -2.46. The van der Waals surface area contributed by atoms with Gasteiger partial charge in [-0.2, -0.15) is 13.2 Å². The van der Waals surface area contributed by atoms with Crippen LogP contribution in [-0.4, -0.2) is 31.6 Å². The molecule has 0 spiro atoms. The number of hydrogen-bond donors (Lipinski definition) is 2. The van der Waals surface area contributed by atoms with E-state index in [1.807, 2.05) is 5.73 Å². The van der Waals surface area contributed by atoms with Crippen LogP contribution in [0.3, 0.4) is 0 Å². The monoisotopic (exact) mass is 479 g/mol. The first kappa shape index (κ1) is 23.1. The number of carbonyl (C=O) groups is 1. The van der Waals surface area contributed by atoms with Gasteiger partial charge in [-0.15, -0.1) is 5.73 Å². The molecule has 2 N–H and O–H groups in total. The molecule has 0 fully saturated rings. The summed E-state index contributed by atoms with van der Waals surface area (Å²) in [5, 5.41) is 2.28. The highest BCUT2D eigenvalue weighted by molar-refractivity contribution is 5.85. The molecule has 3 aromatic heterocycles. The molecule has 0 saturated heterocycles. The zero-order valence-electron chi connectivity index (χ0n) is 17.2. The van der Waals surface area contributed by atoms with Crippen LogP contribution in [-0.2, 0) is 4.79 Å². The molecule has 4 rings (SSSR count). The number of alkyl halides is 3. The largest absolute Gasteiger partial charge is 0.420 e. The molecular formula is C21H14F5N5O3. The van der Waals surface area contributed by atoms with E-state index in [0.717, 1.165) is 6.20 Å². The number of hydrogen-bond acceptors (Lipinski definition) is 5. The average Bonchev–Trinajstić information content (AvgIpc) is 2.70. The molecule has 0 unspecified atom stereocenters. The standard InChI is InChI=1S/C21H14F5N5O3/c1-9(16-14(23)6-12(22)7-28-16)29-18(32)17(10-4-11(5-10)21(24,25)26)31-19(33)13-2-3-27-8-15(13)30-20(31)34/h2-3,6-9,17H,4H2,1H3,(H,29,32)(H,30,34)/t9-,17+/m1/s1. The summed E-state index contributed by atoms with van der Waals surface area (Å²) in [4.78, 5) is 48.5. The Labute approximate surface area is 186 Å². The maximum absolute atomic E-state index is 14.1. The third-order valence-corrected chi connectivity index (χ3v) is 5.19. The van der Waals surface area contributed by atoms with Crippen LogP contribution in [0.1, 0.15) is 31.1 Å². The van der Waals surface area contributed by atoms with Crippen molar-refractivity contribution >= 4 is 16.8 Å². The van der Waals surface area contributed by atoms with E-state index >= 15 is 0 Å². The molecule has 176 valence electrons. The predicted octanol–water partition coefficient (Wildman–Crippen LogP) is 2.59. The van der Waals surface area contributed by atoms with Gasteiger partial charge < -0.3 is 10.3 Å². The van der Waals surface area contributed by atoms with E-state index in [1.165, 1.54) is 25.4 Å². The molecule has 0 aromatic carbocycles. The van der Waals surface area contributed by atoms with Crippen LogP contribution in [0.15, 0.2) is 57.2 Å². The number of rotatable bonds is 5. The fourth-order valence-electron chi connectivity index (χ4n) is 3.55. The Kier molecular flexibility index (Phi) is 5.65. The maximum atomic E-state index is 14.1. The minimum Gasteiger partial charge on any atom is -0.346 e. The van der Waals surface area contributed by atoms with Gasteiger partial charge in [0.2, 0.25) is 5.91 Å². The van der Waals surface area contributed by atoms with Crippen molar-refractivity contribution in [3.8, 4) is 0 Å². The van der Waals surface area contributed by atoms with Crippen molar-refractivity contribution in [1.82, 2.24) is 24.8 Å². The second-order valence-electron chi connectivity index (χ2n) is 7.48. The first-order valence-electron chi connectivity index (χ1n) is 9.73. The molecular weight excluding hydrogens is 465 g/mol. The van der Waals surface area contributed by atoms with Gasteiger partial charge in [0.25, 0.3) is 5.56 Å². The summed E-state index contributed by atoms with van der Waals surface area (Å²) in [6, 6.07) is -1.18. The average molecular weight is 479 g/mol. The molecule has 3 aromatic rings. The molecule has 3 heterocycles. The minimum absolute atomic E-state index is 0.0355. The molecule has 1 aliphatic carbocycles. The number of amides is 1. The number of carbonyl (C=O) groups excluding carboxylic acids is 1. The number of H-pyrrole nitrogens is 1. The van der Waals surface area contributed by atoms with E-state index in [1.54, 1.807) is 0 Å². The second kappa shape index (κ2) is 8.34. The highest BCUT2D eigenvalue weighted by Gasteiger charge is 2.42. The molecule has 8 nitrogen and oxygen atoms in total. The summed E-state index contributed by atoms with van der Waals surface area (Å²) in [6.45, 7) is 1.30. The number of aromatic amines is 1. The third kappa shape index (κ3) is 4.13. The van der Waals surface area contributed by atoms with E-state index in [-0.39, 0.29) is 22.2 Å². The normalized spacial score (nSPS) is 15.2. The Morgan fingerprint density at radius 3 is 2.62 bits per heavy atom. The predicted molar refractivity (Wildman–Crippen MR) is 108 cm³/mol. The van der Waals surface area contributed by atoms with E-state index in [9.17, 15) is 36.3 Å². The summed E-state index contributed by atoms with van der Waals surface area (Å²) < 4.78 is 66.6. The smallest absolute Gasteiger partial charge is 0.346 e. The lowest BCUT2D eigenvalue weighted by atomic mass is 9.90. The van der Waals surface area contributed by atoms with E-state index < -0.39 is 59.0 Å². The van der Waals surface area contributed by atoms with Gasteiger partial charge in [-0.25, -0.2) is 18.1 Å². The lowest BCUT2D eigenvalue weighted by molar-refractivity contribution is -0.124. The highest BCUT2D eigenvalue weighted by Crippen LogP contribution is 2.39. The number of fused-ring (bicyclic) bond motifs is 1. The van der Waals surface area contributed by atoms with Crippen molar-refractivity contribution in [3.63, 3.8) is 0 Å². The summed E-state index contributed by atoms with van der Waals surface area (Å²) in [7, 11) is 0. The number of nitrogens with zero attached hydrogens (tertiary/aromatic N) is 3. The van der Waals surface area contributed by atoms with Crippen LogP contribution in [0.4, 0.5) is 22.0 Å². The Balaban J connectivity index is 1.82. The van der Waals surface area contributed by atoms with Crippen LogP contribution in [0, 0.1) is 11.6 Å². The molecule has 13 heteroatoms. The fraction of sp³-hybridized carbons (Fsp3) is 0.238. The molecule has 34 heavy (non-hydrogen) atoms. The van der Waals surface area contributed by atoms with Gasteiger partial charge in [0.1, 0.15) is 17.7 Å². The molecule has 0 radical (unpaired) electrons. The number of halogens is 5. The van der Waals surface area contributed by atoms with Gasteiger partial charge in [0.05, 0.1) is 40.6 Å². The quantitative estimate of drug-likeness (QED) is 0.432. The molecule has 0 saturated carbocycles. The van der Waals surface area contributed by atoms with Crippen molar-refractivity contribution < 1.29 is 26.7 Å². The van der Waals surface area contributed by atoms with Crippen LogP contribution in [0.25, 0.3) is 10.9 Å². The van der Waals surface area contributed by atoms with E-state index in [2.05, 4.69) is 20.3 Å². The van der Waals surface area contributed by atoms with Crippen molar-refractivity contribution in [2.75, 3.05) is 0 Å². The van der Waals surface area contributed by atoms with Gasteiger partial charge in [-0.05, 0) is 13.0 Å². The summed E-state index contributed by atoms with van der Waals surface area (Å²) in [6.07, 6.45) is -2.27. The molecule has 1 amide bonds. The zero-order valence-corrected chi connectivity index (χ0v) is 17.2. The third-order valence-electron chi connectivity index (χ3n) is 5.19.